The number of rotatable bonds is 7. The standard InChI is InChI=1S/C13H17F5O7S/c14-12(15,16)11(13(17,18)26(21,22)23)25-10(20)7-6-9(19)24-8-4-2-1-3-5-8/h8,11H,1-7H2,(H,21,22,23)/p-1. The molecule has 0 heterocycles. The van der Waals surface area contributed by atoms with Crippen molar-refractivity contribution in [3.63, 3.8) is 0 Å². The van der Waals surface area contributed by atoms with Gasteiger partial charge in [-0.25, -0.2) is 8.42 Å². The fraction of sp³-hybridized carbons (Fsp3) is 0.846. The molecule has 0 bridgehead atoms. The fourth-order valence-electron chi connectivity index (χ4n) is 2.28. The van der Waals surface area contributed by atoms with Gasteiger partial charge < -0.3 is 14.0 Å². The summed E-state index contributed by atoms with van der Waals surface area (Å²) in [7, 11) is -6.75. The molecule has 0 aromatic carbocycles. The van der Waals surface area contributed by atoms with Gasteiger partial charge in [0.05, 0.1) is 12.8 Å². The van der Waals surface area contributed by atoms with E-state index in [2.05, 4.69) is 4.74 Å². The van der Waals surface area contributed by atoms with Crippen LogP contribution in [0.3, 0.4) is 0 Å². The second-order valence-electron chi connectivity index (χ2n) is 5.68. The molecule has 1 rings (SSSR count). The molecule has 0 saturated heterocycles. The first kappa shape index (κ1) is 22.5. The van der Waals surface area contributed by atoms with Gasteiger partial charge in [-0.15, -0.1) is 0 Å². The maximum atomic E-state index is 13.2. The summed E-state index contributed by atoms with van der Waals surface area (Å²) in [6, 6.07) is 0. The van der Waals surface area contributed by atoms with Crippen LogP contribution in [0.2, 0.25) is 0 Å². The summed E-state index contributed by atoms with van der Waals surface area (Å²) >= 11 is 0. The number of esters is 2. The number of carbonyl (C=O) groups is 2. The minimum atomic E-state index is -6.75. The Morgan fingerprint density at radius 1 is 1.00 bits per heavy atom. The van der Waals surface area contributed by atoms with Crippen LogP contribution in [-0.4, -0.2) is 48.5 Å². The van der Waals surface area contributed by atoms with E-state index in [0.717, 1.165) is 19.3 Å². The van der Waals surface area contributed by atoms with Crippen molar-refractivity contribution in [1.82, 2.24) is 0 Å². The van der Waals surface area contributed by atoms with E-state index in [0.29, 0.717) is 12.8 Å². The molecule has 0 aromatic rings. The smallest absolute Gasteiger partial charge is 0.432 e. The van der Waals surface area contributed by atoms with Crippen LogP contribution in [0.4, 0.5) is 22.0 Å². The molecule has 0 spiro atoms. The third-order valence-electron chi connectivity index (χ3n) is 3.57. The number of hydrogen-bond acceptors (Lipinski definition) is 7. The monoisotopic (exact) mass is 411 g/mol. The third kappa shape index (κ3) is 6.34. The summed E-state index contributed by atoms with van der Waals surface area (Å²) < 4.78 is 103. The van der Waals surface area contributed by atoms with E-state index >= 15 is 0 Å². The van der Waals surface area contributed by atoms with Gasteiger partial charge in [-0.05, 0) is 25.7 Å². The lowest BCUT2D eigenvalue weighted by Crippen LogP contribution is -2.52. The Balaban J connectivity index is 2.63. The molecule has 0 aromatic heterocycles. The van der Waals surface area contributed by atoms with Crippen LogP contribution in [-0.2, 0) is 29.2 Å². The fourth-order valence-corrected chi connectivity index (χ4v) is 2.72. The SMILES string of the molecule is O=C(CCC(=O)OC(C(F)(F)F)C(F)(F)S(=O)(=O)[O-])OC1CCCCC1. The van der Waals surface area contributed by atoms with Crippen molar-refractivity contribution >= 4 is 22.1 Å². The van der Waals surface area contributed by atoms with E-state index in [1.54, 1.807) is 0 Å². The van der Waals surface area contributed by atoms with Gasteiger partial charge in [-0.2, -0.15) is 22.0 Å². The van der Waals surface area contributed by atoms with Gasteiger partial charge in [-0.3, -0.25) is 9.59 Å². The molecule has 0 aliphatic heterocycles. The van der Waals surface area contributed by atoms with Crippen molar-refractivity contribution in [2.45, 2.75) is 68.6 Å². The van der Waals surface area contributed by atoms with E-state index in [1.807, 2.05) is 0 Å². The number of carbonyl (C=O) groups excluding carboxylic acids is 2. The zero-order valence-corrected chi connectivity index (χ0v) is 14.1. The minimum absolute atomic E-state index is 0.384. The molecule has 7 nitrogen and oxygen atoms in total. The van der Waals surface area contributed by atoms with Gasteiger partial charge in [0, 0.05) is 0 Å². The highest BCUT2D eigenvalue weighted by atomic mass is 32.2. The Labute approximate surface area is 145 Å². The third-order valence-corrected chi connectivity index (χ3v) is 4.45. The Kier molecular flexibility index (Phi) is 7.33. The van der Waals surface area contributed by atoms with Gasteiger partial charge in [0.25, 0.3) is 6.10 Å². The first-order chi connectivity index (χ1) is 11.7. The summed E-state index contributed by atoms with van der Waals surface area (Å²) in [4.78, 5) is 22.8. The molecular formula is C13H16F5O7S-. The lowest BCUT2D eigenvalue weighted by molar-refractivity contribution is -0.259. The van der Waals surface area contributed by atoms with E-state index in [4.69, 9.17) is 4.74 Å². The summed E-state index contributed by atoms with van der Waals surface area (Å²) in [5.74, 6) is -2.85. The second-order valence-corrected chi connectivity index (χ2v) is 7.13. The predicted molar refractivity (Wildman–Crippen MR) is 72.8 cm³/mol. The summed E-state index contributed by atoms with van der Waals surface area (Å²) in [6.07, 6.45) is -8.85. The Morgan fingerprint density at radius 3 is 1.96 bits per heavy atom. The van der Waals surface area contributed by atoms with Crippen molar-refractivity contribution in [1.29, 1.82) is 0 Å². The van der Waals surface area contributed by atoms with Gasteiger partial charge in [0.2, 0.25) is 0 Å². The van der Waals surface area contributed by atoms with Crippen LogP contribution in [0.1, 0.15) is 44.9 Å². The van der Waals surface area contributed by atoms with Crippen molar-refractivity contribution in [2.75, 3.05) is 0 Å². The highest BCUT2D eigenvalue weighted by molar-refractivity contribution is 7.86. The van der Waals surface area contributed by atoms with Crippen LogP contribution in [0.25, 0.3) is 0 Å². The quantitative estimate of drug-likeness (QED) is 0.359. The van der Waals surface area contributed by atoms with Crippen molar-refractivity contribution in [3.05, 3.63) is 0 Å². The Morgan fingerprint density at radius 2 is 1.50 bits per heavy atom. The number of hydrogen-bond donors (Lipinski definition) is 0. The zero-order chi connectivity index (χ0) is 20.2. The maximum Gasteiger partial charge on any atom is 0.432 e. The molecule has 13 heteroatoms. The minimum Gasteiger partial charge on any atom is -0.743 e. The lowest BCUT2D eigenvalue weighted by Gasteiger charge is -2.29. The summed E-state index contributed by atoms with van der Waals surface area (Å²) in [5.41, 5.74) is 0. The number of alkyl halides is 5. The molecule has 0 N–H and O–H groups in total. The second kappa shape index (κ2) is 8.46. The van der Waals surface area contributed by atoms with Crippen LogP contribution >= 0.6 is 0 Å². The van der Waals surface area contributed by atoms with Crippen LogP contribution in [0, 0.1) is 0 Å². The molecule has 1 unspecified atom stereocenters. The van der Waals surface area contributed by atoms with Gasteiger partial charge >= 0.3 is 23.4 Å². The molecule has 1 aliphatic rings. The van der Waals surface area contributed by atoms with Crippen molar-refractivity contribution in [2.24, 2.45) is 0 Å². The first-order valence-electron chi connectivity index (χ1n) is 7.54. The van der Waals surface area contributed by atoms with E-state index < -0.39 is 52.4 Å². The predicted octanol–water partition coefficient (Wildman–Crippen LogP) is 2.25. The average Bonchev–Trinajstić information content (AvgIpc) is 2.49. The van der Waals surface area contributed by atoms with E-state index in [9.17, 15) is 44.5 Å². The van der Waals surface area contributed by atoms with E-state index in [1.165, 1.54) is 0 Å². The van der Waals surface area contributed by atoms with Crippen LogP contribution in [0.5, 0.6) is 0 Å². The summed E-state index contributed by atoms with van der Waals surface area (Å²) in [6.45, 7) is 0. The number of halogens is 5. The molecule has 26 heavy (non-hydrogen) atoms. The highest BCUT2D eigenvalue weighted by Gasteiger charge is 2.62. The average molecular weight is 411 g/mol. The molecule has 1 saturated carbocycles. The molecule has 0 amide bonds. The highest BCUT2D eigenvalue weighted by Crippen LogP contribution is 2.38. The number of ether oxygens (including phenoxy) is 2. The Hall–Kier alpha value is -1.50. The molecule has 1 atom stereocenters. The van der Waals surface area contributed by atoms with E-state index in [-0.39, 0.29) is 6.10 Å². The van der Waals surface area contributed by atoms with Gasteiger partial charge in [-0.1, -0.05) is 6.42 Å². The zero-order valence-electron chi connectivity index (χ0n) is 13.3. The van der Waals surface area contributed by atoms with Crippen LogP contribution < -0.4 is 0 Å². The lowest BCUT2D eigenvalue weighted by atomic mass is 9.98. The molecule has 152 valence electrons. The van der Waals surface area contributed by atoms with Gasteiger partial charge in [0.15, 0.2) is 10.1 Å². The van der Waals surface area contributed by atoms with Crippen molar-refractivity contribution in [3.8, 4) is 0 Å². The topological polar surface area (TPSA) is 110 Å². The van der Waals surface area contributed by atoms with Gasteiger partial charge in [0.1, 0.15) is 6.10 Å². The van der Waals surface area contributed by atoms with Crippen LogP contribution in [0.15, 0.2) is 0 Å². The maximum absolute atomic E-state index is 13.2. The largest absolute Gasteiger partial charge is 0.743 e. The normalized spacial score (nSPS) is 18.2. The first-order valence-corrected chi connectivity index (χ1v) is 8.95. The molecular weight excluding hydrogens is 395 g/mol. The summed E-state index contributed by atoms with van der Waals surface area (Å²) in [5, 5.41) is -5.91. The molecule has 1 aliphatic carbocycles. The van der Waals surface area contributed by atoms with Crippen molar-refractivity contribution < 1.29 is 54.0 Å². The Bertz CT molecular complexity index is 611. The molecule has 0 radical (unpaired) electrons. The molecule has 1 fully saturated rings.